The van der Waals surface area contributed by atoms with Gasteiger partial charge < -0.3 is 9.80 Å². The van der Waals surface area contributed by atoms with Crippen LogP contribution in [0, 0.1) is 5.82 Å². The van der Waals surface area contributed by atoms with E-state index >= 15 is 0 Å². The van der Waals surface area contributed by atoms with Crippen molar-refractivity contribution in [1.82, 2.24) is 20.0 Å². The zero-order valence-electron chi connectivity index (χ0n) is 15.5. The van der Waals surface area contributed by atoms with Crippen LogP contribution in [-0.2, 0) is 4.79 Å². The summed E-state index contributed by atoms with van der Waals surface area (Å²) in [6, 6.07) is 4.22. The summed E-state index contributed by atoms with van der Waals surface area (Å²) in [5.74, 6) is -1.47. The monoisotopic (exact) mass is 374 g/mol. The molecule has 8 heteroatoms. The average Bonchev–Trinajstić information content (AvgIpc) is 2.68. The Morgan fingerprint density at radius 2 is 1.93 bits per heavy atom. The molecule has 144 valence electrons. The van der Waals surface area contributed by atoms with Gasteiger partial charge in [-0.25, -0.2) is 4.39 Å². The van der Waals surface area contributed by atoms with Gasteiger partial charge in [-0.05, 0) is 25.0 Å². The molecule has 1 aromatic carbocycles. The van der Waals surface area contributed by atoms with Gasteiger partial charge in [0, 0.05) is 20.1 Å². The first-order valence-electron chi connectivity index (χ1n) is 9.08. The number of aromatic amines is 1. The fourth-order valence-electron chi connectivity index (χ4n) is 3.50. The predicted molar refractivity (Wildman–Crippen MR) is 98.9 cm³/mol. The fourth-order valence-corrected chi connectivity index (χ4v) is 3.50. The van der Waals surface area contributed by atoms with Crippen LogP contribution in [-0.4, -0.2) is 58.5 Å². The second-order valence-corrected chi connectivity index (χ2v) is 7.02. The highest BCUT2D eigenvalue weighted by Gasteiger charge is 2.26. The van der Waals surface area contributed by atoms with Crippen molar-refractivity contribution in [3.05, 3.63) is 39.9 Å². The van der Waals surface area contributed by atoms with Gasteiger partial charge in [-0.15, -0.1) is 0 Å². The number of nitrogens with one attached hydrogen (secondary N) is 1. The summed E-state index contributed by atoms with van der Waals surface area (Å²) < 4.78 is 13.7. The lowest BCUT2D eigenvalue weighted by Gasteiger charge is -2.32. The molecular weight excluding hydrogens is 351 g/mol. The summed E-state index contributed by atoms with van der Waals surface area (Å²) in [7, 11) is 3.20. The number of halogens is 1. The fraction of sp³-hybridized carbons (Fsp3) is 0.474. The molecule has 0 spiro atoms. The largest absolute Gasteiger partial charge is 0.341 e. The van der Waals surface area contributed by atoms with E-state index in [1.165, 1.54) is 36.6 Å². The van der Waals surface area contributed by atoms with Gasteiger partial charge in [0.05, 0.1) is 11.9 Å². The molecule has 1 heterocycles. The number of hydrogen-bond acceptors (Lipinski definition) is 4. The molecule has 2 aromatic rings. The Kier molecular flexibility index (Phi) is 5.53. The highest BCUT2D eigenvalue weighted by atomic mass is 19.1. The number of para-hydroxylation sites is 1. The number of carbonyl (C=O) groups excluding carboxylic acids is 2. The molecule has 3 rings (SSSR count). The van der Waals surface area contributed by atoms with E-state index in [2.05, 4.69) is 10.2 Å². The number of benzene rings is 1. The van der Waals surface area contributed by atoms with Crippen molar-refractivity contribution in [2.45, 2.75) is 38.1 Å². The van der Waals surface area contributed by atoms with Crippen LogP contribution in [0.2, 0.25) is 0 Å². The molecule has 0 atom stereocenters. The van der Waals surface area contributed by atoms with E-state index < -0.39 is 17.2 Å². The number of nitrogens with zero attached hydrogens (tertiary/aromatic N) is 3. The van der Waals surface area contributed by atoms with Crippen LogP contribution < -0.4 is 5.43 Å². The first-order valence-corrected chi connectivity index (χ1v) is 9.08. The highest BCUT2D eigenvalue weighted by molar-refractivity contribution is 5.97. The third kappa shape index (κ3) is 3.84. The second kappa shape index (κ2) is 7.85. The van der Waals surface area contributed by atoms with Crippen LogP contribution in [0.15, 0.2) is 23.0 Å². The summed E-state index contributed by atoms with van der Waals surface area (Å²) in [4.78, 5) is 40.5. The van der Waals surface area contributed by atoms with Gasteiger partial charge in [-0.1, -0.05) is 25.3 Å². The maximum atomic E-state index is 13.7. The van der Waals surface area contributed by atoms with Gasteiger partial charge >= 0.3 is 0 Å². The molecule has 2 amide bonds. The third-order valence-corrected chi connectivity index (χ3v) is 5.19. The van der Waals surface area contributed by atoms with E-state index in [4.69, 9.17) is 0 Å². The van der Waals surface area contributed by atoms with E-state index in [9.17, 15) is 18.8 Å². The minimum Gasteiger partial charge on any atom is -0.341 e. The number of likely N-dealkylation sites (N-methyl/N-ethyl adjacent to an activating group) is 2. The van der Waals surface area contributed by atoms with Crippen molar-refractivity contribution in [3.63, 3.8) is 0 Å². The Hall–Kier alpha value is -2.77. The lowest BCUT2D eigenvalue weighted by atomic mass is 9.94. The first-order chi connectivity index (χ1) is 12.9. The number of rotatable bonds is 4. The standard InChI is InChI=1S/C19H23FN4O3/c1-23(11-15(25)24(2)12-7-4-3-5-8-12)19(27)17-18(26)13-9-6-10-14(20)16(13)21-22-17/h6,9-10,12H,3-5,7-8,11H2,1-2H3,(H,21,26). The predicted octanol–water partition coefficient (Wildman–Crippen LogP) is 1.93. The summed E-state index contributed by atoms with van der Waals surface area (Å²) in [5.41, 5.74) is -1.06. The molecule has 0 radical (unpaired) electrons. The zero-order valence-corrected chi connectivity index (χ0v) is 15.5. The summed E-state index contributed by atoms with van der Waals surface area (Å²) in [6.45, 7) is -0.145. The van der Waals surface area contributed by atoms with Crippen LogP contribution >= 0.6 is 0 Å². The minimum absolute atomic E-state index is 0.0465. The van der Waals surface area contributed by atoms with Crippen LogP contribution in [0.5, 0.6) is 0 Å². The van der Waals surface area contributed by atoms with E-state index in [0.29, 0.717) is 0 Å². The number of carbonyl (C=O) groups is 2. The Balaban J connectivity index is 1.75. The quantitative estimate of drug-likeness (QED) is 0.886. The Labute approximate surface area is 156 Å². The van der Waals surface area contributed by atoms with Gasteiger partial charge in [0.2, 0.25) is 11.3 Å². The molecule has 1 N–H and O–H groups in total. The van der Waals surface area contributed by atoms with E-state index in [0.717, 1.165) is 25.7 Å². The minimum atomic E-state index is -0.673. The van der Waals surface area contributed by atoms with Gasteiger partial charge in [0.15, 0.2) is 5.69 Å². The van der Waals surface area contributed by atoms with Crippen LogP contribution in [0.1, 0.15) is 42.6 Å². The van der Waals surface area contributed by atoms with Gasteiger partial charge in [0.25, 0.3) is 5.91 Å². The third-order valence-electron chi connectivity index (χ3n) is 5.19. The van der Waals surface area contributed by atoms with Crippen molar-refractivity contribution in [3.8, 4) is 0 Å². The molecular formula is C19H23FN4O3. The number of fused-ring (bicyclic) bond motifs is 1. The summed E-state index contributed by atoms with van der Waals surface area (Å²) >= 11 is 0. The van der Waals surface area contributed by atoms with E-state index in [1.54, 1.807) is 11.9 Å². The highest BCUT2D eigenvalue weighted by Crippen LogP contribution is 2.21. The van der Waals surface area contributed by atoms with Crippen molar-refractivity contribution in [1.29, 1.82) is 0 Å². The lowest BCUT2D eigenvalue weighted by Crippen LogP contribution is -2.45. The van der Waals surface area contributed by atoms with Crippen molar-refractivity contribution in [2.75, 3.05) is 20.6 Å². The molecule has 0 unspecified atom stereocenters. The lowest BCUT2D eigenvalue weighted by molar-refractivity contribution is -0.133. The molecule has 1 aliphatic carbocycles. The Morgan fingerprint density at radius 3 is 2.63 bits per heavy atom. The van der Waals surface area contributed by atoms with Crippen molar-refractivity contribution < 1.29 is 14.0 Å². The molecule has 1 aromatic heterocycles. The Bertz CT molecular complexity index is 921. The van der Waals surface area contributed by atoms with Gasteiger partial charge in [-0.2, -0.15) is 5.10 Å². The number of H-pyrrole nitrogens is 1. The number of hydrogen-bond donors (Lipinski definition) is 1. The Morgan fingerprint density at radius 1 is 1.22 bits per heavy atom. The number of amides is 2. The molecule has 27 heavy (non-hydrogen) atoms. The van der Waals surface area contributed by atoms with Gasteiger partial charge in [-0.3, -0.25) is 19.5 Å². The average molecular weight is 374 g/mol. The maximum absolute atomic E-state index is 13.7. The smallest absolute Gasteiger partial charge is 0.278 e. The van der Waals surface area contributed by atoms with Crippen LogP contribution in [0.3, 0.4) is 0 Å². The molecule has 0 saturated heterocycles. The van der Waals surface area contributed by atoms with E-state index in [-0.39, 0.29) is 35.1 Å². The molecule has 1 fully saturated rings. The second-order valence-electron chi connectivity index (χ2n) is 7.02. The van der Waals surface area contributed by atoms with Crippen molar-refractivity contribution >= 4 is 22.7 Å². The van der Waals surface area contributed by atoms with Crippen LogP contribution in [0.25, 0.3) is 10.9 Å². The molecule has 1 saturated carbocycles. The molecule has 0 aliphatic heterocycles. The molecule has 1 aliphatic rings. The maximum Gasteiger partial charge on any atom is 0.278 e. The summed E-state index contributed by atoms with van der Waals surface area (Å²) in [6.07, 6.45) is 5.33. The normalized spacial score (nSPS) is 14.9. The number of aromatic nitrogens is 2. The van der Waals surface area contributed by atoms with Crippen LogP contribution in [0.4, 0.5) is 4.39 Å². The SMILES string of the molecule is CN(CC(=O)N(C)C1CCCCC1)C(=O)c1n[nH]c2c(F)cccc2c1=O. The van der Waals surface area contributed by atoms with Gasteiger partial charge in [0.1, 0.15) is 11.3 Å². The molecule has 0 bridgehead atoms. The van der Waals surface area contributed by atoms with E-state index in [1.807, 2.05) is 0 Å². The zero-order chi connectivity index (χ0) is 19.6. The van der Waals surface area contributed by atoms with Crippen molar-refractivity contribution in [2.24, 2.45) is 0 Å². The first kappa shape index (κ1) is 19.0. The summed E-state index contributed by atoms with van der Waals surface area (Å²) in [5, 5.41) is 6.21. The topological polar surface area (TPSA) is 86.4 Å². The molecule has 7 nitrogen and oxygen atoms in total.